The molecule has 2 N–H and O–H groups in total. The summed E-state index contributed by atoms with van der Waals surface area (Å²) in [7, 11) is 1.18. The molecular weight excluding hydrogens is 553 g/mol. The van der Waals surface area contributed by atoms with Gasteiger partial charge in [-0.1, -0.05) is 0 Å². The molecule has 0 saturated carbocycles. The Kier molecular flexibility index (Phi) is 8.20. The Balaban J connectivity index is 6.52. The number of hydrogen-bond acceptors (Lipinski definition) is 2. The highest BCUT2D eigenvalue weighted by molar-refractivity contribution is 5.56. The zero-order chi connectivity index (χ0) is 29.1. The van der Waals surface area contributed by atoms with Crippen molar-refractivity contribution >= 4 is 6.09 Å². The molecule has 0 spiro atoms. The van der Waals surface area contributed by atoms with Crippen molar-refractivity contribution < 1.29 is 94.1 Å². The van der Waals surface area contributed by atoms with Crippen molar-refractivity contribution in [2.75, 3.05) is 20.6 Å². The summed E-state index contributed by atoms with van der Waals surface area (Å²) in [6.45, 7) is -1.55. The van der Waals surface area contributed by atoms with Crippen molar-refractivity contribution in [3.63, 3.8) is 0 Å². The van der Waals surface area contributed by atoms with Crippen LogP contribution in [0.2, 0.25) is 0 Å². The number of carboxylic acid groups (broad SMARTS) is 1. The van der Waals surface area contributed by atoms with Gasteiger partial charge in [-0.3, -0.25) is 0 Å². The number of rotatable bonds is 10. The molecule has 0 rings (SSSR count). The summed E-state index contributed by atoms with van der Waals surface area (Å²) in [6, 6.07) is 0. The third-order valence-electron chi connectivity index (χ3n) is 4.46. The molecule has 4 nitrogen and oxygen atoms in total. The molecule has 1 atom stereocenters. The van der Waals surface area contributed by atoms with Gasteiger partial charge in [0.1, 0.15) is 12.6 Å². The quantitative estimate of drug-likeness (QED) is 0.272. The first-order valence-electron chi connectivity index (χ1n) is 8.25. The molecule has 0 fully saturated rings. The first kappa shape index (κ1) is 33.2. The van der Waals surface area contributed by atoms with E-state index < -0.39 is 77.3 Å². The van der Waals surface area contributed by atoms with Gasteiger partial charge < -0.3 is 10.2 Å². The number of aliphatic hydroxyl groups is 1. The molecule has 0 radical (unpaired) electrons. The standard InChI is InChI=1S/C14H12F17NO3/c1-32(2,6(34)35)4-5(33)3-7(15,16)8(17,18)9(19,20)10(21,22)11(23,24)12(25,26)13(27,28)14(29,30)31/h5,33H,3-4H2,1-2H3/p+1. The van der Waals surface area contributed by atoms with Crippen LogP contribution in [0.4, 0.5) is 79.4 Å². The van der Waals surface area contributed by atoms with E-state index in [1.165, 1.54) is 0 Å². The molecule has 0 heterocycles. The van der Waals surface area contributed by atoms with Gasteiger partial charge in [0.05, 0.1) is 14.1 Å². The second-order valence-corrected chi connectivity index (χ2v) is 7.66. The Labute approximate surface area is 182 Å². The molecule has 0 aromatic rings. The van der Waals surface area contributed by atoms with Gasteiger partial charge in [-0.05, 0) is 0 Å². The molecule has 0 saturated heterocycles. The lowest BCUT2D eigenvalue weighted by Gasteiger charge is -2.43. The maximum Gasteiger partial charge on any atom is 0.513 e. The highest BCUT2D eigenvalue weighted by Crippen LogP contribution is 2.64. The van der Waals surface area contributed by atoms with Gasteiger partial charge in [0.15, 0.2) is 0 Å². The lowest BCUT2D eigenvalue weighted by atomic mass is 9.87. The van der Waals surface area contributed by atoms with Crippen LogP contribution in [0.1, 0.15) is 6.42 Å². The topological polar surface area (TPSA) is 57.5 Å². The van der Waals surface area contributed by atoms with Crippen LogP contribution < -0.4 is 0 Å². The zero-order valence-corrected chi connectivity index (χ0v) is 16.7. The number of amides is 1. The van der Waals surface area contributed by atoms with Gasteiger partial charge in [0.25, 0.3) is 0 Å². The van der Waals surface area contributed by atoms with Crippen LogP contribution in [0, 0.1) is 0 Å². The summed E-state index contributed by atoms with van der Waals surface area (Å²) >= 11 is 0. The highest BCUT2D eigenvalue weighted by atomic mass is 19.4. The molecule has 0 aromatic carbocycles. The minimum Gasteiger partial charge on any atom is -0.435 e. The number of likely N-dealkylation sites (N-methyl/N-ethyl adjacent to an activating group) is 1. The minimum absolute atomic E-state index is 0.591. The van der Waals surface area contributed by atoms with Crippen molar-refractivity contribution in [1.82, 2.24) is 0 Å². The SMILES string of the molecule is C[N+](C)(CC(O)CC(F)(F)C(F)(F)C(F)(F)C(F)(F)C(F)(F)C(F)(F)C(F)(F)C(F)(F)F)C(=O)O. The Bertz CT molecular complexity index is 789. The Morgan fingerprint density at radius 3 is 1.20 bits per heavy atom. The number of alkyl halides is 17. The van der Waals surface area contributed by atoms with Crippen molar-refractivity contribution in [3.05, 3.63) is 0 Å². The van der Waals surface area contributed by atoms with Crippen LogP contribution in [0.5, 0.6) is 0 Å². The summed E-state index contributed by atoms with van der Waals surface area (Å²) in [5.74, 6) is -57.4. The van der Waals surface area contributed by atoms with Crippen LogP contribution in [0.15, 0.2) is 0 Å². The van der Waals surface area contributed by atoms with Gasteiger partial charge >= 0.3 is 53.7 Å². The van der Waals surface area contributed by atoms with E-state index in [2.05, 4.69) is 0 Å². The van der Waals surface area contributed by atoms with E-state index >= 15 is 0 Å². The van der Waals surface area contributed by atoms with Crippen molar-refractivity contribution in [3.8, 4) is 0 Å². The van der Waals surface area contributed by atoms with Gasteiger partial charge in [-0.15, -0.1) is 0 Å². The van der Waals surface area contributed by atoms with E-state index in [-0.39, 0.29) is 0 Å². The van der Waals surface area contributed by atoms with Crippen molar-refractivity contribution in [1.29, 1.82) is 0 Å². The largest absolute Gasteiger partial charge is 0.513 e. The third-order valence-corrected chi connectivity index (χ3v) is 4.46. The third kappa shape index (κ3) is 4.93. The molecule has 21 heteroatoms. The summed E-state index contributed by atoms with van der Waals surface area (Å²) in [5, 5.41) is 18.0. The number of carbonyl (C=O) groups is 1. The average molecular weight is 566 g/mol. The molecule has 0 aliphatic carbocycles. The maximum absolute atomic E-state index is 13.7. The lowest BCUT2D eigenvalue weighted by Crippen LogP contribution is -2.74. The predicted octanol–water partition coefficient (Wildman–Crippen LogP) is 5.50. The van der Waals surface area contributed by atoms with Crippen molar-refractivity contribution in [2.45, 2.75) is 60.2 Å². The Morgan fingerprint density at radius 2 is 0.914 bits per heavy atom. The number of hydrogen-bond donors (Lipinski definition) is 2. The molecular formula is C14H13F17NO3+. The molecule has 0 bridgehead atoms. The van der Waals surface area contributed by atoms with Crippen molar-refractivity contribution in [2.24, 2.45) is 0 Å². The first-order chi connectivity index (χ1) is 14.8. The lowest BCUT2D eigenvalue weighted by molar-refractivity contribution is -0.820. The van der Waals surface area contributed by atoms with E-state index in [1.807, 2.05) is 0 Å². The summed E-state index contributed by atoms with van der Waals surface area (Å²) in [4.78, 5) is 10.8. The van der Waals surface area contributed by atoms with Crippen LogP contribution in [0.25, 0.3) is 0 Å². The number of nitrogens with zero attached hydrogens (tertiary/aromatic N) is 1. The molecule has 35 heavy (non-hydrogen) atoms. The van der Waals surface area contributed by atoms with Crippen LogP contribution in [-0.4, -0.2) is 95.2 Å². The molecule has 0 aliphatic rings. The number of aliphatic hydroxyl groups excluding tert-OH is 1. The smallest absolute Gasteiger partial charge is 0.435 e. The normalized spacial score (nSPS) is 16.9. The van der Waals surface area contributed by atoms with Gasteiger partial charge in [-0.25, -0.2) is 4.48 Å². The zero-order valence-electron chi connectivity index (χ0n) is 16.7. The van der Waals surface area contributed by atoms with Gasteiger partial charge in [-0.2, -0.15) is 79.4 Å². The fourth-order valence-electron chi connectivity index (χ4n) is 2.29. The maximum atomic E-state index is 13.7. The Hall–Kier alpha value is -1.80. The number of halogens is 17. The average Bonchev–Trinajstić information content (AvgIpc) is 2.58. The molecule has 0 aliphatic heterocycles. The monoisotopic (exact) mass is 566 g/mol. The molecule has 0 aromatic heterocycles. The van der Waals surface area contributed by atoms with E-state index in [0.29, 0.717) is 14.1 Å². The summed E-state index contributed by atoms with van der Waals surface area (Å²) in [6.07, 6.45) is -16.0. The summed E-state index contributed by atoms with van der Waals surface area (Å²) < 4.78 is 222. The second kappa shape index (κ2) is 8.65. The fourth-order valence-corrected chi connectivity index (χ4v) is 2.29. The van der Waals surface area contributed by atoms with Crippen LogP contribution >= 0.6 is 0 Å². The minimum atomic E-state index is -8.73. The molecule has 1 unspecified atom stereocenters. The Morgan fingerprint density at radius 1 is 0.629 bits per heavy atom. The van der Waals surface area contributed by atoms with E-state index in [9.17, 15) is 84.5 Å². The van der Waals surface area contributed by atoms with E-state index in [4.69, 9.17) is 5.11 Å². The van der Waals surface area contributed by atoms with E-state index in [0.717, 1.165) is 0 Å². The highest BCUT2D eigenvalue weighted by Gasteiger charge is 2.95. The van der Waals surface area contributed by atoms with Gasteiger partial charge in [0, 0.05) is 6.42 Å². The first-order valence-corrected chi connectivity index (χ1v) is 8.25. The predicted molar refractivity (Wildman–Crippen MR) is 76.3 cm³/mol. The van der Waals surface area contributed by atoms with Gasteiger partial charge in [0.2, 0.25) is 0 Å². The number of quaternary nitrogens is 1. The summed E-state index contributed by atoms with van der Waals surface area (Å²) in [5.41, 5.74) is 0. The second-order valence-electron chi connectivity index (χ2n) is 7.66. The fraction of sp³-hybridized carbons (Fsp3) is 0.929. The molecule has 1 amide bonds. The molecule has 210 valence electrons. The van der Waals surface area contributed by atoms with Crippen LogP contribution in [0.3, 0.4) is 0 Å². The van der Waals surface area contributed by atoms with E-state index in [1.54, 1.807) is 0 Å². The van der Waals surface area contributed by atoms with Crippen LogP contribution in [-0.2, 0) is 0 Å².